The van der Waals surface area contributed by atoms with Crippen LogP contribution in [0.3, 0.4) is 0 Å². The van der Waals surface area contributed by atoms with Crippen molar-refractivity contribution in [2.24, 2.45) is 0 Å². The molecule has 0 unspecified atom stereocenters. The Kier molecular flexibility index (Phi) is 2.16. The van der Waals surface area contributed by atoms with Crippen molar-refractivity contribution in [2.75, 3.05) is 7.11 Å². The molecular weight excluding hydrogens is 194 g/mol. The Hall–Kier alpha value is -1.55. The normalized spacial score (nSPS) is 28.5. The van der Waals surface area contributed by atoms with Crippen molar-refractivity contribution >= 4 is 5.97 Å². The summed E-state index contributed by atoms with van der Waals surface area (Å²) in [5, 5.41) is 8.96. The minimum Gasteiger partial charge on any atom is -0.497 e. The Morgan fingerprint density at radius 1 is 1.53 bits per heavy atom. The van der Waals surface area contributed by atoms with Gasteiger partial charge in [-0.25, -0.2) is 4.79 Å². The van der Waals surface area contributed by atoms with Gasteiger partial charge in [-0.05, 0) is 17.7 Å². The van der Waals surface area contributed by atoms with E-state index in [-0.39, 0.29) is 5.92 Å². The zero-order valence-corrected chi connectivity index (χ0v) is 8.56. The van der Waals surface area contributed by atoms with Crippen LogP contribution in [0.2, 0.25) is 0 Å². The second-order valence-electron chi connectivity index (χ2n) is 3.99. The highest BCUT2D eigenvalue weighted by Gasteiger charge is 2.62. The highest BCUT2D eigenvalue weighted by Crippen LogP contribution is 2.48. The largest absolute Gasteiger partial charge is 0.497 e. The molecule has 0 amide bonds. The fourth-order valence-corrected chi connectivity index (χ4v) is 1.81. The smallest absolute Gasteiger partial charge is 0.366 e. The molecule has 2 atom stereocenters. The van der Waals surface area contributed by atoms with Gasteiger partial charge >= 0.3 is 5.97 Å². The van der Waals surface area contributed by atoms with Crippen molar-refractivity contribution in [2.45, 2.75) is 17.9 Å². The number of carboxylic acids is 1. The van der Waals surface area contributed by atoms with E-state index >= 15 is 0 Å². The SMILES string of the molecule is COc1ccc([C@@H]2C[C@@]2([NH3+])C(=O)O)cc1. The van der Waals surface area contributed by atoms with E-state index < -0.39 is 11.5 Å². The molecule has 0 bridgehead atoms. The van der Waals surface area contributed by atoms with Crippen molar-refractivity contribution in [3.05, 3.63) is 29.8 Å². The molecule has 0 radical (unpaired) electrons. The lowest BCUT2D eigenvalue weighted by Crippen LogP contribution is -2.68. The van der Waals surface area contributed by atoms with Crippen LogP contribution in [0.4, 0.5) is 0 Å². The third-order valence-corrected chi connectivity index (χ3v) is 3.02. The average molecular weight is 208 g/mol. The predicted octanol–water partition coefficient (Wildman–Crippen LogP) is 0.248. The van der Waals surface area contributed by atoms with Gasteiger partial charge in [-0.1, -0.05) is 12.1 Å². The summed E-state index contributed by atoms with van der Waals surface area (Å²) >= 11 is 0. The second kappa shape index (κ2) is 3.24. The first-order chi connectivity index (χ1) is 7.08. The molecule has 0 aromatic heterocycles. The molecule has 1 aromatic carbocycles. The zero-order valence-electron chi connectivity index (χ0n) is 8.56. The minimum absolute atomic E-state index is 0.0425. The van der Waals surface area contributed by atoms with Gasteiger partial charge in [0.15, 0.2) is 0 Å². The van der Waals surface area contributed by atoms with Crippen molar-refractivity contribution in [1.29, 1.82) is 0 Å². The summed E-state index contributed by atoms with van der Waals surface area (Å²) in [4.78, 5) is 10.9. The number of hydrogen-bond acceptors (Lipinski definition) is 2. The number of aliphatic carboxylic acids is 1. The van der Waals surface area contributed by atoms with Gasteiger partial charge in [0.2, 0.25) is 5.54 Å². The number of hydrogen-bond donors (Lipinski definition) is 2. The first-order valence-electron chi connectivity index (χ1n) is 4.80. The Balaban J connectivity index is 2.16. The summed E-state index contributed by atoms with van der Waals surface area (Å²) in [6.07, 6.45) is 0.620. The van der Waals surface area contributed by atoms with E-state index in [2.05, 4.69) is 5.73 Å². The highest BCUT2D eigenvalue weighted by molar-refractivity contribution is 5.82. The lowest BCUT2D eigenvalue weighted by atomic mass is 10.1. The Morgan fingerprint density at radius 3 is 2.53 bits per heavy atom. The van der Waals surface area contributed by atoms with E-state index in [1.807, 2.05) is 24.3 Å². The summed E-state index contributed by atoms with van der Waals surface area (Å²) in [7, 11) is 1.61. The van der Waals surface area contributed by atoms with Crippen LogP contribution >= 0.6 is 0 Å². The van der Waals surface area contributed by atoms with Crippen molar-refractivity contribution in [3.8, 4) is 5.75 Å². The molecule has 15 heavy (non-hydrogen) atoms. The third kappa shape index (κ3) is 1.57. The van der Waals surface area contributed by atoms with E-state index in [0.717, 1.165) is 11.3 Å². The molecule has 4 heteroatoms. The van der Waals surface area contributed by atoms with Gasteiger partial charge < -0.3 is 15.6 Å². The quantitative estimate of drug-likeness (QED) is 0.747. The lowest BCUT2D eigenvalue weighted by Gasteiger charge is -2.04. The van der Waals surface area contributed by atoms with E-state index in [1.165, 1.54) is 0 Å². The standard InChI is InChI=1S/C11H13NO3/c1-15-8-4-2-7(3-5-8)9-6-11(9,12)10(13)14/h2-5,9H,6,12H2,1H3,(H,13,14)/p+1/t9-,11-/m0/s1. The summed E-state index contributed by atoms with van der Waals surface area (Å²) in [6, 6.07) is 7.49. The van der Waals surface area contributed by atoms with Crippen LogP contribution in [-0.2, 0) is 4.79 Å². The number of quaternary nitrogens is 1. The summed E-state index contributed by atoms with van der Waals surface area (Å²) in [6.45, 7) is 0. The Morgan fingerprint density at radius 2 is 2.13 bits per heavy atom. The molecule has 80 valence electrons. The van der Waals surface area contributed by atoms with E-state index in [4.69, 9.17) is 9.84 Å². The third-order valence-electron chi connectivity index (χ3n) is 3.02. The monoisotopic (exact) mass is 208 g/mol. The van der Waals surface area contributed by atoms with Gasteiger partial charge in [-0.2, -0.15) is 0 Å². The topological polar surface area (TPSA) is 74.2 Å². The Bertz CT molecular complexity index is 387. The average Bonchev–Trinajstić information content (AvgIpc) is 2.93. The molecule has 4 nitrogen and oxygen atoms in total. The highest BCUT2D eigenvalue weighted by atomic mass is 16.5. The van der Waals surface area contributed by atoms with Crippen molar-refractivity contribution in [1.82, 2.24) is 0 Å². The van der Waals surface area contributed by atoms with Crippen LogP contribution in [0.25, 0.3) is 0 Å². The first-order valence-corrected chi connectivity index (χ1v) is 4.80. The molecule has 2 rings (SSSR count). The molecular formula is C11H14NO3+. The van der Waals surface area contributed by atoms with Crippen LogP contribution in [0, 0.1) is 0 Å². The van der Waals surface area contributed by atoms with Gasteiger partial charge in [0, 0.05) is 6.42 Å². The van der Waals surface area contributed by atoms with Gasteiger partial charge in [0.25, 0.3) is 0 Å². The van der Waals surface area contributed by atoms with Crippen LogP contribution in [0.1, 0.15) is 17.9 Å². The minimum atomic E-state index is -0.816. The van der Waals surface area contributed by atoms with Crippen LogP contribution < -0.4 is 10.5 Å². The zero-order chi connectivity index (χ0) is 11.1. The van der Waals surface area contributed by atoms with Crippen LogP contribution in [0.5, 0.6) is 5.75 Å². The van der Waals surface area contributed by atoms with Crippen molar-refractivity contribution < 1.29 is 20.4 Å². The van der Waals surface area contributed by atoms with Gasteiger partial charge in [-0.15, -0.1) is 0 Å². The Labute approximate surface area is 87.7 Å². The summed E-state index contributed by atoms with van der Waals surface area (Å²) in [5.41, 5.74) is 3.96. The summed E-state index contributed by atoms with van der Waals surface area (Å²) < 4.78 is 5.04. The fourth-order valence-electron chi connectivity index (χ4n) is 1.81. The molecule has 0 saturated heterocycles. The van der Waals surface area contributed by atoms with E-state index in [0.29, 0.717) is 6.42 Å². The molecule has 1 aliphatic rings. The molecule has 0 aliphatic heterocycles. The van der Waals surface area contributed by atoms with E-state index in [9.17, 15) is 4.79 Å². The van der Waals surface area contributed by atoms with Crippen LogP contribution in [-0.4, -0.2) is 23.7 Å². The molecule has 0 spiro atoms. The number of ether oxygens (including phenoxy) is 1. The van der Waals surface area contributed by atoms with Gasteiger partial charge in [-0.3, -0.25) is 0 Å². The van der Waals surface area contributed by atoms with Gasteiger partial charge in [0.05, 0.1) is 13.0 Å². The maximum Gasteiger partial charge on any atom is 0.366 e. The summed E-state index contributed by atoms with van der Waals surface area (Å²) in [5.74, 6) is 0.00797. The van der Waals surface area contributed by atoms with Crippen LogP contribution in [0.15, 0.2) is 24.3 Å². The number of methoxy groups -OCH3 is 1. The van der Waals surface area contributed by atoms with Gasteiger partial charge in [0.1, 0.15) is 5.75 Å². The second-order valence-corrected chi connectivity index (χ2v) is 3.99. The molecule has 1 saturated carbocycles. The lowest BCUT2D eigenvalue weighted by molar-refractivity contribution is -0.426. The number of carbonyl (C=O) groups is 1. The number of carboxylic acid groups (broad SMARTS) is 1. The van der Waals surface area contributed by atoms with Crippen molar-refractivity contribution in [3.63, 3.8) is 0 Å². The molecule has 1 aromatic rings. The molecule has 1 aliphatic carbocycles. The maximum absolute atomic E-state index is 10.9. The fraction of sp³-hybridized carbons (Fsp3) is 0.364. The molecule has 4 N–H and O–H groups in total. The number of rotatable bonds is 3. The number of benzene rings is 1. The molecule has 0 heterocycles. The molecule has 1 fully saturated rings. The predicted molar refractivity (Wildman–Crippen MR) is 53.6 cm³/mol. The van der Waals surface area contributed by atoms with E-state index in [1.54, 1.807) is 7.11 Å². The maximum atomic E-state index is 10.9. The first kappa shape index (κ1) is 9.98.